The van der Waals surface area contributed by atoms with Gasteiger partial charge < -0.3 is 4.90 Å². The molecule has 0 radical (unpaired) electrons. The van der Waals surface area contributed by atoms with Gasteiger partial charge in [0.25, 0.3) is 5.91 Å². The molecule has 0 spiro atoms. The molecule has 130 valence electrons. The Morgan fingerprint density at radius 3 is 2.65 bits per heavy atom. The standard InChI is InChI=1S/C20H19N5O/c26-20(17-10-11-21-19(13-17)24-14-22-23-15-24)25(18-8-9-18)12-4-7-16-5-2-1-3-6-16/h1-7,10-11,13-15,18H,8-9,12H2. The van der Waals surface area contributed by atoms with Gasteiger partial charge in [0.05, 0.1) is 0 Å². The maximum absolute atomic E-state index is 13.0. The first-order valence-corrected chi connectivity index (χ1v) is 8.65. The van der Waals surface area contributed by atoms with E-state index < -0.39 is 0 Å². The number of pyridine rings is 1. The molecule has 0 aliphatic heterocycles. The number of benzene rings is 1. The number of hydrogen-bond acceptors (Lipinski definition) is 4. The van der Waals surface area contributed by atoms with Gasteiger partial charge in [-0.15, -0.1) is 10.2 Å². The van der Waals surface area contributed by atoms with Crippen molar-refractivity contribution in [3.8, 4) is 5.82 Å². The quantitative estimate of drug-likeness (QED) is 0.689. The predicted octanol–water partition coefficient (Wildman–Crippen LogP) is 2.98. The molecule has 0 N–H and O–H groups in total. The van der Waals surface area contributed by atoms with Gasteiger partial charge in [-0.3, -0.25) is 9.36 Å². The van der Waals surface area contributed by atoms with Crippen LogP contribution in [0.3, 0.4) is 0 Å². The highest BCUT2D eigenvalue weighted by atomic mass is 16.2. The van der Waals surface area contributed by atoms with E-state index in [0.29, 0.717) is 24.0 Å². The summed E-state index contributed by atoms with van der Waals surface area (Å²) in [5.41, 5.74) is 1.76. The fourth-order valence-corrected chi connectivity index (χ4v) is 2.83. The summed E-state index contributed by atoms with van der Waals surface area (Å²) in [5.74, 6) is 0.665. The molecular formula is C20H19N5O. The maximum Gasteiger partial charge on any atom is 0.254 e. The normalized spacial score (nSPS) is 13.8. The molecule has 1 amide bonds. The van der Waals surface area contributed by atoms with E-state index in [0.717, 1.165) is 18.4 Å². The number of amides is 1. The molecule has 1 aliphatic carbocycles. The Labute approximate surface area is 151 Å². The fraction of sp³-hybridized carbons (Fsp3) is 0.200. The van der Waals surface area contributed by atoms with E-state index >= 15 is 0 Å². The summed E-state index contributed by atoms with van der Waals surface area (Å²) in [4.78, 5) is 19.2. The van der Waals surface area contributed by atoms with E-state index in [9.17, 15) is 4.79 Å². The molecule has 6 nitrogen and oxygen atoms in total. The molecule has 0 unspecified atom stereocenters. The monoisotopic (exact) mass is 345 g/mol. The maximum atomic E-state index is 13.0. The lowest BCUT2D eigenvalue weighted by atomic mass is 10.2. The number of hydrogen-bond donors (Lipinski definition) is 0. The molecule has 0 saturated heterocycles. The van der Waals surface area contributed by atoms with Gasteiger partial charge in [-0.2, -0.15) is 0 Å². The Kier molecular flexibility index (Phi) is 4.55. The lowest BCUT2D eigenvalue weighted by Gasteiger charge is -2.21. The van der Waals surface area contributed by atoms with Crippen molar-refractivity contribution in [1.29, 1.82) is 0 Å². The van der Waals surface area contributed by atoms with Crippen molar-refractivity contribution < 1.29 is 4.79 Å². The van der Waals surface area contributed by atoms with Crippen molar-refractivity contribution in [3.63, 3.8) is 0 Å². The third-order valence-electron chi connectivity index (χ3n) is 4.34. The van der Waals surface area contributed by atoms with Crippen molar-refractivity contribution >= 4 is 12.0 Å². The summed E-state index contributed by atoms with van der Waals surface area (Å²) < 4.78 is 1.69. The second-order valence-corrected chi connectivity index (χ2v) is 6.27. The van der Waals surface area contributed by atoms with Crippen molar-refractivity contribution in [2.45, 2.75) is 18.9 Å². The van der Waals surface area contributed by atoms with Gasteiger partial charge in [0.1, 0.15) is 18.5 Å². The van der Waals surface area contributed by atoms with Gasteiger partial charge in [-0.1, -0.05) is 42.5 Å². The molecule has 0 atom stereocenters. The highest BCUT2D eigenvalue weighted by Gasteiger charge is 2.32. The van der Waals surface area contributed by atoms with Gasteiger partial charge >= 0.3 is 0 Å². The smallest absolute Gasteiger partial charge is 0.254 e. The summed E-state index contributed by atoms with van der Waals surface area (Å²) >= 11 is 0. The van der Waals surface area contributed by atoms with Crippen LogP contribution in [0.15, 0.2) is 67.4 Å². The predicted molar refractivity (Wildman–Crippen MR) is 98.7 cm³/mol. The molecule has 1 aliphatic rings. The average molecular weight is 345 g/mol. The van der Waals surface area contributed by atoms with E-state index in [-0.39, 0.29) is 5.91 Å². The fourth-order valence-electron chi connectivity index (χ4n) is 2.83. The third-order valence-corrected chi connectivity index (χ3v) is 4.34. The van der Waals surface area contributed by atoms with Crippen molar-refractivity contribution in [1.82, 2.24) is 24.6 Å². The van der Waals surface area contributed by atoms with E-state index in [1.807, 2.05) is 41.3 Å². The topological polar surface area (TPSA) is 63.9 Å². The molecule has 2 aromatic heterocycles. The van der Waals surface area contributed by atoms with Crippen LogP contribution in [0.1, 0.15) is 28.8 Å². The van der Waals surface area contributed by atoms with Crippen LogP contribution in [0, 0.1) is 0 Å². The first kappa shape index (κ1) is 16.2. The van der Waals surface area contributed by atoms with Crippen LogP contribution in [0.2, 0.25) is 0 Å². The molecule has 1 aromatic carbocycles. The summed E-state index contributed by atoms with van der Waals surface area (Å²) in [7, 11) is 0. The molecule has 1 saturated carbocycles. The summed E-state index contributed by atoms with van der Waals surface area (Å²) in [6, 6.07) is 14.0. The zero-order valence-electron chi connectivity index (χ0n) is 14.3. The van der Waals surface area contributed by atoms with Crippen LogP contribution >= 0.6 is 0 Å². The van der Waals surface area contributed by atoms with Crippen LogP contribution in [-0.4, -0.2) is 43.1 Å². The molecule has 6 heteroatoms. The first-order chi connectivity index (χ1) is 12.8. The van der Waals surface area contributed by atoms with Crippen LogP contribution in [0.25, 0.3) is 11.9 Å². The highest BCUT2D eigenvalue weighted by molar-refractivity contribution is 5.95. The summed E-state index contributed by atoms with van der Waals surface area (Å²) in [6.45, 7) is 0.600. The molecular weight excluding hydrogens is 326 g/mol. The number of aromatic nitrogens is 4. The molecule has 26 heavy (non-hydrogen) atoms. The van der Waals surface area contributed by atoms with E-state index in [4.69, 9.17) is 0 Å². The minimum absolute atomic E-state index is 0.0296. The van der Waals surface area contributed by atoms with Crippen LogP contribution < -0.4 is 0 Å². The summed E-state index contributed by atoms with van der Waals surface area (Å²) in [5, 5.41) is 7.57. The molecule has 3 aromatic rings. The zero-order chi connectivity index (χ0) is 17.8. The Balaban J connectivity index is 1.51. The minimum atomic E-state index is 0.0296. The average Bonchev–Trinajstić information content (AvgIpc) is 3.38. The lowest BCUT2D eigenvalue weighted by Crippen LogP contribution is -2.33. The number of carbonyl (C=O) groups excluding carboxylic acids is 1. The van der Waals surface area contributed by atoms with E-state index in [2.05, 4.69) is 21.3 Å². The van der Waals surface area contributed by atoms with Gasteiger partial charge in [0, 0.05) is 24.3 Å². The minimum Gasteiger partial charge on any atom is -0.332 e. The Morgan fingerprint density at radius 2 is 1.92 bits per heavy atom. The van der Waals surface area contributed by atoms with Gasteiger partial charge in [-0.25, -0.2) is 4.98 Å². The second-order valence-electron chi connectivity index (χ2n) is 6.27. The Hall–Kier alpha value is -3.28. The van der Waals surface area contributed by atoms with Crippen molar-refractivity contribution in [3.05, 3.63) is 78.5 Å². The van der Waals surface area contributed by atoms with Crippen LogP contribution in [0.4, 0.5) is 0 Å². The van der Waals surface area contributed by atoms with Crippen molar-refractivity contribution in [2.75, 3.05) is 6.54 Å². The summed E-state index contributed by atoms with van der Waals surface area (Å²) in [6.07, 6.45) is 11.0. The second kappa shape index (κ2) is 7.31. The van der Waals surface area contributed by atoms with Crippen LogP contribution in [0.5, 0.6) is 0 Å². The van der Waals surface area contributed by atoms with Crippen LogP contribution in [-0.2, 0) is 0 Å². The lowest BCUT2D eigenvalue weighted by molar-refractivity contribution is 0.0762. The third kappa shape index (κ3) is 3.69. The SMILES string of the molecule is O=C(c1ccnc(-n2cnnc2)c1)N(CC=Cc1ccccc1)C1CC1. The number of nitrogens with zero attached hydrogens (tertiary/aromatic N) is 5. The van der Waals surface area contributed by atoms with Gasteiger partial charge in [-0.05, 0) is 30.5 Å². The molecule has 0 bridgehead atoms. The van der Waals surface area contributed by atoms with Gasteiger partial charge in [0.2, 0.25) is 0 Å². The number of carbonyl (C=O) groups is 1. The Morgan fingerprint density at radius 1 is 1.15 bits per heavy atom. The van der Waals surface area contributed by atoms with Gasteiger partial charge in [0.15, 0.2) is 0 Å². The van der Waals surface area contributed by atoms with E-state index in [1.54, 1.807) is 35.6 Å². The Bertz CT molecular complexity index is 901. The van der Waals surface area contributed by atoms with E-state index in [1.165, 1.54) is 0 Å². The highest BCUT2D eigenvalue weighted by Crippen LogP contribution is 2.28. The molecule has 1 fully saturated rings. The van der Waals surface area contributed by atoms with Crippen molar-refractivity contribution in [2.24, 2.45) is 0 Å². The molecule has 4 rings (SSSR count). The number of rotatable bonds is 6. The first-order valence-electron chi connectivity index (χ1n) is 8.65. The zero-order valence-corrected chi connectivity index (χ0v) is 14.3. The largest absolute Gasteiger partial charge is 0.332 e. The molecule has 2 heterocycles.